The van der Waals surface area contributed by atoms with Crippen LogP contribution in [0.2, 0.25) is 0 Å². The number of rotatable bonds is 18. The van der Waals surface area contributed by atoms with Gasteiger partial charge in [-0.2, -0.15) is 0 Å². The lowest BCUT2D eigenvalue weighted by atomic mass is 10.1. The van der Waals surface area contributed by atoms with Crippen molar-refractivity contribution in [3.05, 3.63) is 0 Å². The summed E-state index contributed by atoms with van der Waals surface area (Å²) in [5.74, 6) is 0. The van der Waals surface area contributed by atoms with Crippen LogP contribution < -0.4 is 11.5 Å². The molecule has 2 atom stereocenters. The first-order valence-corrected chi connectivity index (χ1v) is 12.7. The van der Waals surface area contributed by atoms with Crippen LogP contribution in [0, 0.1) is 0 Å². The molecular formula is C24H52N4. The minimum Gasteiger partial charge on any atom is -0.316 e. The molecule has 1 aliphatic rings. The van der Waals surface area contributed by atoms with Gasteiger partial charge in [-0.15, -0.1) is 0 Å². The van der Waals surface area contributed by atoms with E-state index in [9.17, 15) is 0 Å². The second-order valence-corrected chi connectivity index (χ2v) is 9.03. The van der Waals surface area contributed by atoms with Crippen LogP contribution in [0.1, 0.15) is 117 Å². The van der Waals surface area contributed by atoms with E-state index in [-0.39, 0.29) is 12.3 Å². The molecule has 0 spiro atoms. The molecule has 168 valence electrons. The zero-order chi connectivity index (χ0) is 20.5. The average Bonchev–Trinajstić information content (AvgIpc) is 2.72. The van der Waals surface area contributed by atoms with Gasteiger partial charge >= 0.3 is 0 Å². The van der Waals surface area contributed by atoms with Gasteiger partial charge in [0.2, 0.25) is 0 Å². The first kappa shape index (κ1) is 25.9. The van der Waals surface area contributed by atoms with E-state index in [2.05, 4.69) is 23.6 Å². The lowest BCUT2D eigenvalue weighted by Gasteiger charge is -2.40. The molecule has 0 amide bonds. The maximum Gasteiger partial charge on any atom is 0.0572 e. The number of unbranched alkanes of at least 4 members (excludes halogenated alkanes) is 12. The molecule has 0 aromatic rings. The Labute approximate surface area is 176 Å². The molecule has 0 aromatic carbocycles. The highest BCUT2D eigenvalue weighted by Crippen LogP contribution is 2.15. The molecule has 1 aliphatic heterocycles. The molecule has 0 radical (unpaired) electrons. The van der Waals surface area contributed by atoms with Crippen LogP contribution in [0.5, 0.6) is 0 Å². The highest BCUT2D eigenvalue weighted by Gasteiger charge is 2.23. The van der Waals surface area contributed by atoms with Gasteiger partial charge < -0.3 is 11.5 Å². The Balaban J connectivity index is 2.02. The van der Waals surface area contributed by atoms with Gasteiger partial charge in [-0.3, -0.25) is 9.80 Å². The molecule has 0 bridgehead atoms. The number of piperazine rings is 1. The van der Waals surface area contributed by atoms with Gasteiger partial charge in [-0.05, 0) is 12.8 Å². The molecule has 0 aliphatic carbocycles. The SMILES string of the molecule is CCCCCCCCCC(N)N1CCN(C(N)CCCCCCCCC)CC1. The quantitative estimate of drug-likeness (QED) is 0.302. The van der Waals surface area contributed by atoms with Gasteiger partial charge in [0.05, 0.1) is 12.3 Å². The maximum absolute atomic E-state index is 6.46. The zero-order valence-corrected chi connectivity index (χ0v) is 19.3. The van der Waals surface area contributed by atoms with Gasteiger partial charge in [-0.1, -0.05) is 104 Å². The third-order valence-electron chi connectivity index (χ3n) is 6.49. The Morgan fingerprint density at radius 1 is 0.500 bits per heavy atom. The Morgan fingerprint density at radius 2 is 0.786 bits per heavy atom. The van der Waals surface area contributed by atoms with E-state index in [0.717, 1.165) is 39.0 Å². The number of nitrogens with zero attached hydrogens (tertiary/aromatic N) is 2. The summed E-state index contributed by atoms with van der Waals surface area (Å²) in [4.78, 5) is 4.96. The Morgan fingerprint density at radius 3 is 1.11 bits per heavy atom. The van der Waals surface area contributed by atoms with Crippen molar-refractivity contribution in [1.82, 2.24) is 9.80 Å². The monoisotopic (exact) mass is 396 g/mol. The second kappa shape index (κ2) is 17.7. The van der Waals surface area contributed by atoms with Crippen molar-refractivity contribution in [2.75, 3.05) is 26.2 Å². The average molecular weight is 397 g/mol. The summed E-state index contributed by atoms with van der Waals surface area (Å²) in [6.07, 6.45) is 21.9. The van der Waals surface area contributed by atoms with E-state index in [1.807, 2.05) is 0 Å². The molecule has 0 saturated carbocycles. The van der Waals surface area contributed by atoms with Crippen LogP contribution in [0.4, 0.5) is 0 Å². The van der Waals surface area contributed by atoms with Crippen LogP contribution in [0.3, 0.4) is 0 Å². The summed E-state index contributed by atoms with van der Waals surface area (Å²) in [5, 5.41) is 0. The van der Waals surface area contributed by atoms with Crippen LogP contribution in [0.25, 0.3) is 0 Å². The summed E-state index contributed by atoms with van der Waals surface area (Å²) in [5.41, 5.74) is 12.9. The van der Waals surface area contributed by atoms with E-state index in [0.29, 0.717) is 0 Å². The van der Waals surface area contributed by atoms with Crippen molar-refractivity contribution in [2.24, 2.45) is 11.5 Å². The van der Waals surface area contributed by atoms with Gasteiger partial charge in [0.25, 0.3) is 0 Å². The van der Waals surface area contributed by atoms with Crippen molar-refractivity contribution in [1.29, 1.82) is 0 Å². The maximum atomic E-state index is 6.46. The standard InChI is InChI=1S/C24H52N4/c1-3-5-7-9-11-13-15-17-23(25)27-19-21-28(22-20-27)24(26)18-16-14-12-10-8-6-4-2/h23-24H,3-22,25-26H2,1-2H3. The summed E-state index contributed by atoms with van der Waals surface area (Å²) in [6.45, 7) is 8.90. The molecule has 0 aromatic heterocycles. The highest BCUT2D eigenvalue weighted by molar-refractivity contribution is 4.78. The van der Waals surface area contributed by atoms with Crippen molar-refractivity contribution in [3.8, 4) is 0 Å². The fraction of sp³-hybridized carbons (Fsp3) is 1.00. The Kier molecular flexibility index (Phi) is 16.3. The summed E-state index contributed by atoms with van der Waals surface area (Å²) in [7, 11) is 0. The fourth-order valence-corrected chi connectivity index (χ4v) is 4.39. The third kappa shape index (κ3) is 12.4. The molecule has 4 N–H and O–H groups in total. The lowest BCUT2D eigenvalue weighted by molar-refractivity contribution is 0.0650. The zero-order valence-electron chi connectivity index (χ0n) is 19.3. The lowest BCUT2D eigenvalue weighted by Crippen LogP contribution is -2.57. The minimum atomic E-state index is 0.247. The molecule has 1 rings (SSSR count). The first-order chi connectivity index (χ1) is 13.7. The normalized spacial score (nSPS) is 18.4. The van der Waals surface area contributed by atoms with Gasteiger partial charge in [0, 0.05) is 26.2 Å². The van der Waals surface area contributed by atoms with Crippen LogP contribution >= 0.6 is 0 Å². The van der Waals surface area contributed by atoms with Crippen molar-refractivity contribution >= 4 is 0 Å². The molecular weight excluding hydrogens is 344 g/mol. The van der Waals surface area contributed by atoms with Crippen molar-refractivity contribution in [3.63, 3.8) is 0 Å². The van der Waals surface area contributed by atoms with Gasteiger partial charge in [0.1, 0.15) is 0 Å². The van der Waals surface area contributed by atoms with E-state index in [4.69, 9.17) is 11.5 Å². The second-order valence-electron chi connectivity index (χ2n) is 9.03. The third-order valence-corrected chi connectivity index (χ3v) is 6.49. The molecule has 1 saturated heterocycles. The molecule has 1 heterocycles. The Hall–Kier alpha value is -0.160. The molecule has 28 heavy (non-hydrogen) atoms. The van der Waals surface area contributed by atoms with Crippen LogP contribution in [0.15, 0.2) is 0 Å². The van der Waals surface area contributed by atoms with Crippen molar-refractivity contribution in [2.45, 2.75) is 129 Å². The van der Waals surface area contributed by atoms with E-state index >= 15 is 0 Å². The molecule has 4 heteroatoms. The van der Waals surface area contributed by atoms with Gasteiger partial charge in [0.15, 0.2) is 0 Å². The Bertz CT molecular complexity index is 297. The predicted molar refractivity (Wildman–Crippen MR) is 124 cm³/mol. The molecule has 2 unspecified atom stereocenters. The number of nitrogens with two attached hydrogens (primary N) is 2. The summed E-state index contributed by atoms with van der Waals surface area (Å²) in [6, 6.07) is 0. The van der Waals surface area contributed by atoms with Gasteiger partial charge in [-0.25, -0.2) is 0 Å². The van der Waals surface area contributed by atoms with Crippen LogP contribution in [-0.2, 0) is 0 Å². The van der Waals surface area contributed by atoms with E-state index < -0.39 is 0 Å². The highest BCUT2D eigenvalue weighted by atomic mass is 15.3. The number of hydrogen-bond donors (Lipinski definition) is 2. The topological polar surface area (TPSA) is 58.5 Å². The molecule has 4 nitrogen and oxygen atoms in total. The summed E-state index contributed by atoms with van der Waals surface area (Å²) < 4.78 is 0. The minimum absolute atomic E-state index is 0.247. The van der Waals surface area contributed by atoms with E-state index in [1.54, 1.807) is 0 Å². The number of hydrogen-bond acceptors (Lipinski definition) is 4. The van der Waals surface area contributed by atoms with Crippen molar-refractivity contribution < 1.29 is 0 Å². The summed E-state index contributed by atoms with van der Waals surface area (Å²) >= 11 is 0. The largest absolute Gasteiger partial charge is 0.316 e. The molecule has 1 fully saturated rings. The van der Waals surface area contributed by atoms with E-state index in [1.165, 1.54) is 89.9 Å². The smallest absolute Gasteiger partial charge is 0.0572 e. The van der Waals surface area contributed by atoms with Crippen LogP contribution in [-0.4, -0.2) is 48.3 Å². The first-order valence-electron chi connectivity index (χ1n) is 12.7. The fourth-order valence-electron chi connectivity index (χ4n) is 4.39. The predicted octanol–water partition coefficient (Wildman–Crippen LogP) is 5.46.